The van der Waals surface area contributed by atoms with E-state index >= 15 is 0 Å². The summed E-state index contributed by atoms with van der Waals surface area (Å²) in [5.74, 6) is 1.57. The second-order valence-electron chi connectivity index (χ2n) is 8.66. The molecule has 2 aliphatic carbocycles. The number of hydrogen-bond acceptors (Lipinski definition) is 2. The predicted octanol–water partition coefficient (Wildman–Crippen LogP) is 6.14. The Balaban J connectivity index is 1.35. The topological polar surface area (TPSA) is 18.5 Å². The fourth-order valence-electron chi connectivity index (χ4n) is 5.63. The van der Waals surface area contributed by atoms with Gasteiger partial charge >= 0.3 is 0 Å². The molecule has 142 valence electrons. The molecule has 5 rings (SSSR count). The highest BCUT2D eigenvalue weighted by Gasteiger charge is 2.49. The molecule has 1 aliphatic heterocycles. The van der Waals surface area contributed by atoms with E-state index in [0.29, 0.717) is 5.92 Å². The first-order valence-corrected chi connectivity index (χ1v) is 10.8. The monoisotopic (exact) mass is 362 g/mol. The lowest BCUT2D eigenvalue weighted by Gasteiger charge is -2.42. The van der Waals surface area contributed by atoms with E-state index in [-0.39, 0.29) is 0 Å². The quantitative estimate of drug-likeness (QED) is 0.653. The van der Waals surface area contributed by atoms with E-state index in [4.69, 9.17) is 9.47 Å². The van der Waals surface area contributed by atoms with Crippen LogP contribution in [0.4, 0.5) is 0 Å². The van der Waals surface area contributed by atoms with Crippen molar-refractivity contribution in [2.24, 2.45) is 17.8 Å². The summed E-state index contributed by atoms with van der Waals surface area (Å²) in [6, 6.07) is 17.1. The zero-order valence-corrected chi connectivity index (χ0v) is 16.3. The van der Waals surface area contributed by atoms with Gasteiger partial charge in [-0.05, 0) is 35.8 Å². The minimum absolute atomic E-state index is 0.540. The molecule has 0 amide bonds. The molecule has 27 heavy (non-hydrogen) atoms. The summed E-state index contributed by atoms with van der Waals surface area (Å²) in [6.07, 6.45) is 8.22. The van der Waals surface area contributed by atoms with E-state index in [1.807, 2.05) is 0 Å². The van der Waals surface area contributed by atoms with E-state index in [9.17, 15) is 0 Å². The van der Waals surface area contributed by atoms with Crippen LogP contribution in [-0.4, -0.2) is 13.2 Å². The van der Waals surface area contributed by atoms with Crippen molar-refractivity contribution in [3.05, 3.63) is 59.7 Å². The molecule has 0 bridgehead atoms. The second-order valence-corrected chi connectivity index (χ2v) is 8.66. The van der Waals surface area contributed by atoms with Crippen LogP contribution in [0.3, 0.4) is 0 Å². The molecular formula is C25H30O2. The van der Waals surface area contributed by atoms with E-state index in [1.165, 1.54) is 60.8 Å². The Morgan fingerprint density at radius 3 is 1.89 bits per heavy atom. The number of hydrogen-bond donors (Lipinski definition) is 0. The van der Waals surface area contributed by atoms with Crippen molar-refractivity contribution in [1.82, 2.24) is 0 Å². The number of ether oxygens (including phenoxy) is 2. The maximum Gasteiger partial charge on any atom is 0.223 e. The van der Waals surface area contributed by atoms with Gasteiger partial charge in [-0.15, -0.1) is 0 Å². The van der Waals surface area contributed by atoms with Crippen LogP contribution in [0, 0.1) is 17.8 Å². The summed E-state index contributed by atoms with van der Waals surface area (Å²) in [6.45, 7) is 3.93. The molecule has 1 heterocycles. The molecule has 1 saturated carbocycles. The Kier molecular flexibility index (Phi) is 4.57. The van der Waals surface area contributed by atoms with E-state index in [0.717, 1.165) is 25.0 Å². The van der Waals surface area contributed by atoms with Crippen molar-refractivity contribution in [2.75, 3.05) is 13.2 Å². The lowest BCUT2D eigenvalue weighted by Crippen LogP contribution is -2.44. The van der Waals surface area contributed by atoms with Gasteiger partial charge in [0.1, 0.15) is 0 Å². The Morgan fingerprint density at radius 2 is 1.33 bits per heavy atom. The van der Waals surface area contributed by atoms with E-state index in [1.54, 1.807) is 0 Å². The molecule has 2 aromatic carbocycles. The Bertz CT molecular complexity index is 748. The maximum atomic E-state index is 6.60. The van der Waals surface area contributed by atoms with Gasteiger partial charge in [-0.3, -0.25) is 0 Å². The fraction of sp³-hybridized carbons (Fsp3) is 0.520. The van der Waals surface area contributed by atoms with E-state index < -0.39 is 5.79 Å². The number of rotatable bonds is 3. The van der Waals surface area contributed by atoms with Crippen LogP contribution in [0.25, 0.3) is 11.1 Å². The summed E-state index contributed by atoms with van der Waals surface area (Å²) in [7, 11) is 0. The van der Waals surface area contributed by atoms with Crippen molar-refractivity contribution in [3.63, 3.8) is 0 Å². The van der Waals surface area contributed by atoms with Gasteiger partial charge in [0, 0.05) is 17.0 Å². The molecule has 0 N–H and O–H groups in total. The predicted molar refractivity (Wildman–Crippen MR) is 108 cm³/mol. The number of benzene rings is 2. The smallest absolute Gasteiger partial charge is 0.223 e. The first-order valence-electron chi connectivity index (χ1n) is 10.8. The highest BCUT2D eigenvalue weighted by Crippen LogP contribution is 2.52. The SMILES string of the molecule is CCCC1CCC(C2COC3(OC2)c2ccccc2-c2ccccc23)CC1. The highest BCUT2D eigenvalue weighted by atomic mass is 16.7. The molecular weight excluding hydrogens is 332 g/mol. The third kappa shape index (κ3) is 2.85. The van der Waals surface area contributed by atoms with Crippen LogP contribution in [0.1, 0.15) is 56.6 Å². The van der Waals surface area contributed by atoms with Crippen molar-refractivity contribution in [2.45, 2.75) is 51.2 Å². The molecule has 1 spiro atoms. The van der Waals surface area contributed by atoms with Crippen LogP contribution < -0.4 is 0 Å². The van der Waals surface area contributed by atoms with Crippen molar-refractivity contribution in [3.8, 4) is 11.1 Å². The molecule has 2 nitrogen and oxygen atoms in total. The van der Waals surface area contributed by atoms with Crippen LogP contribution in [0.5, 0.6) is 0 Å². The summed E-state index contributed by atoms with van der Waals surface area (Å²) >= 11 is 0. The number of fused-ring (bicyclic) bond motifs is 5. The highest BCUT2D eigenvalue weighted by molar-refractivity contribution is 5.79. The first kappa shape index (κ1) is 17.5. The van der Waals surface area contributed by atoms with Gasteiger partial charge in [0.05, 0.1) is 13.2 Å². The van der Waals surface area contributed by atoms with Crippen LogP contribution in [0.15, 0.2) is 48.5 Å². The average molecular weight is 363 g/mol. The van der Waals surface area contributed by atoms with Gasteiger partial charge in [-0.25, -0.2) is 0 Å². The summed E-state index contributed by atoms with van der Waals surface area (Å²) < 4.78 is 13.2. The molecule has 0 aromatic heterocycles. The van der Waals surface area contributed by atoms with E-state index in [2.05, 4.69) is 55.5 Å². The molecule has 2 heteroatoms. The Morgan fingerprint density at radius 1 is 0.778 bits per heavy atom. The second kappa shape index (κ2) is 7.07. The average Bonchev–Trinajstić information content (AvgIpc) is 3.00. The zero-order valence-electron chi connectivity index (χ0n) is 16.3. The van der Waals surface area contributed by atoms with Gasteiger partial charge in [-0.1, -0.05) is 81.1 Å². The lowest BCUT2D eigenvalue weighted by atomic mass is 9.75. The first-order chi connectivity index (χ1) is 13.3. The van der Waals surface area contributed by atoms with Crippen LogP contribution >= 0.6 is 0 Å². The molecule has 0 atom stereocenters. The fourth-order valence-corrected chi connectivity index (χ4v) is 5.63. The van der Waals surface area contributed by atoms with Gasteiger partial charge in [-0.2, -0.15) is 0 Å². The van der Waals surface area contributed by atoms with Gasteiger partial charge in [0.15, 0.2) is 0 Å². The minimum atomic E-state index is -0.691. The minimum Gasteiger partial charge on any atom is -0.342 e. The molecule has 1 saturated heterocycles. The third-order valence-electron chi connectivity index (χ3n) is 7.11. The maximum absolute atomic E-state index is 6.60. The van der Waals surface area contributed by atoms with Gasteiger partial charge in [0.2, 0.25) is 5.79 Å². The van der Waals surface area contributed by atoms with Gasteiger partial charge < -0.3 is 9.47 Å². The Hall–Kier alpha value is -1.64. The molecule has 2 fully saturated rings. The zero-order chi connectivity index (χ0) is 18.3. The summed E-state index contributed by atoms with van der Waals surface area (Å²) in [4.78, 5) is 0. The lowest BCUT2D eigenvalue weighted by molar-refractivity contribution is -0.272. The third-order valence-corrected chi connectivity index (χ3v) is 7.11. The van der Waals surface area contributed by atoms with Crippen molar-refractivity contribution < 1.29 is 9.47 Å². The summed E-state index contributed by atoms with van der Waals surface area (Å²) in [5.41, 5.74) is 4.87. The summed E-state index contributed by atoms with van der Waals surface area (Å²) in [5, 5.41) is 0. The standard InChI is InChI=1S/C25H30O2/c1-2-7-18-12-14-19(15-13-18)20-16-26-25(27-17-20)23-10-5-3-8-21(23)22-9-4-6-11-24(22)25/h3-6,8-11,18-20H,2,7,12-17H2,1H3. The van der Waals surface area contributed by atoms with Gasteiger partial charge in [0.25, 0.3) is 0 Å². The molecule has 0 unspecified atom stereocenters. The molecule has 3 aliphatic rings. The largest absolute Gasteiger partial charge is 0.342 e. The normalized spacial score (nSPS) is 26.7. The van der Waals surface area contributed by atoms with Crippen molar-refractivity contribution >= 4 is 0 Å². The van der Waals surface area contributed by atoms with Crippen LogP contribution in [-0.2, 0) is 15.3 Å². The van der Waals surface area contributed by atoms with Crippen molar-refractivity contribution in [1.29, 1.82) is 0 Å². The van der Waals surface area contributed by atoms with Crippen LogP contribution in [0.2, 0.25) is 0 Å². The molecule has 2 aromatic rings. The molecule has 0 radical (unpaired) electrons. The Labute approximate surface area is 162 Å².